The largest absolute Gasteiger partial charge is 0.481 e. The van der Waals surface area contributed by atoms with Crippen molar-refractivity contribution in [2.24, 2.45) is 11.3 Å². The minimum atomic E-state index is -0.931. The van der Waals surface area contributed by atoms with Gasteiger partial charge in [-0.25, -0.2) is 8.78 Å². The molecule has 3 fully saturated rings. The standard InChI is InChI=1S/C20H24F2N2O3/c21-15-6-5-13(17(22)8-15)7-18(25)24-10-14-9-23(16-3-1-2-4-16)11-20(14,12-24)19(26)27/h5-6,8,14,16H,1-4,7,9-12H2,(H,26,27)/t14-,20-/m1/s1. The molecular weight excluding hydrogens is 354 g/mol. The quantitative estimate of drug-likeness (QED) is 0.873. The number of carboxylic acid groups (broad SMARTS) is 1. The summed E-state index contributed by atoms with van der Waals surface area (Å²) in [6.07, 6.45) is 4.45. The predicted octanol–water partition coefficient (Wildman–Crippen LogP) is 2.29. The highest BCUT2D eigenvalue weighted by atomic mass is 19.1. The van der Waals surface area contributed by atoms with Crippen LogP contribution in [-0.2, 0) is 16.0 Å². The number of hydrogen-bond donors (Lipinski definition) is 1. The van der Waals surface area contributed by atoms with E-state index in [0.717, 1.165) is 25.0 Å². The van der Waals surface area contributed by atoms with Gasteiger partial charge in [0.15, 0.2) is 0 Å². The fourth-order valence-corrected chi connectivity index (χ4v) is 5.08. The lowest BCUT2D eigenvalue weighted by atomic mass is 9.81. The van der Waals surface area contributed by atoms with Crippen molar-refractivity contribution in [1.29, 1.82) is 0 Å². The van der Waals surface area contributed by atoms with Crippen LogP contribution in [0.4, 0.5) is 8.78 Å². The summed E-state index contributed by atoms with van der Waals surface area (Å²) in [5.41, 5.74) is -0.796. The fraction of sp³-hybridized carbons (Fsp3) is 0.600. The maximum Gasteiger partial charge on any atom is 0.313 e. The van der Waals surface area contributed by atoms with Gasteiger partial charge in [0.05, 0.1) is 6.42 Å². The van der Waals surface area contributed by atoms with Crippen LogP contribution in [0.25, 0.3) is 0 Å². The Labute approximate surface area is 156 Å². The van der Waals surface area contributed by atoms with E-state index in [-0.39, 0.29) is 30.4 Å². The van der Waals surface area contributed by atoms with Crippen LogP contribution in [0.15, 0.2) is 18.2 Å². The number of rotatable bonds is 4. The highest BCUT2D eigenvalue weighted by Gasteiger charge is 2.59. The summed E-state index contributed by atoms with van der Waals surface area (Å²) in [6, 6.07) is 3.63. The van der Waals surface area contributed by atoms with Gasteiger partial charge in [-0.15, -0.1) is 0 Å². The van der Waals surface area contributed by atoms with Crippen LogP contribution in [0.5, 0.6) is 0 Å². The van der Waals surface area contributed by atoms with Gasteiger partial charge in [-0.1, -0.05) is 18.9 Å². The van der Waals surface area contributed by atoms with E-state index in [0.29, 0.717) is 25.7 Å². The Bertz CT molecular complexity index is 766. The van der Waals surface area contributed by atoms with Crippen molar-refractivity contribution in [3.8, 4) is 0 Å². The van der Waals surface area contributed by atoms with Crippen LogP contribution < -0.4 is 0 Å². The van der Waals surface area contributed by atoms with Crippen molar-refractivity contribution in [2.45, 2.75) is 38.1 Å². The molecule has 1 aliphatic carbocycles. The van der Waals surface area contributed by atoms with E-state index < -0.39 is 23.0 Å². The number of fused-ring (bicyclic) bond motifs is 1. The van der Waals surface area contributed by atoms with Crippen LogP contribution in [0.1, 0.15) is 31.2 Å². The second-order valence-electron chi connectivity index (χ2n) is 8.21. The molecule has 2 heterocycles. The number of carboxylic acids is 1. The molecule has 0 bridgehead atoms. The molecule has 4 rings (SSSR count). The predicted molar refractivity (Wildman–Crippen MR) is 94.0 cm³/mol. The van der Waals surface area contributed by atoms with Gasteiger partial charge in [-0.2, -0.15) is 0 Å². The van der Waals surface area contributed by atoms with E-state index in [1.54, 1.807) is 4.90 Å². The molecule has 1 aromatic carbocycles. The summed E-state index contributed by atoms with van der Waals surface area (Å²) >= 11 is 0. The van der Waals surface area contributed by atoms with Crippen LogP contribution in [-0.4, -0.2) is 59.0 Å². The number of aliphatic carboxylic acids is 1. The van der Waals surface area contributed by atoms with E-state index in [9.17, 15) is 23.5 Å². The molecule has 1 N–H and O–H groups in total. The Kier molecular flexibility index (Phi) is 4.66. The van der Waals surface area contributed by atoms with E-state index in [1.807, 2.05) is 0 Å². The Morgan fingerprint density at radius 1 is 1.15 bits per heavy atom. The number of nitrogens with zero attached hydrogens (tertiary/aromatic N) is 2. The summed E-state index contributed by atoms with van der Waals surface area (Å²) < 4.78 is 26.9. The third-order valence-corrected chi connectivity index (χ3v) is 6.61. The zero-order valence-corrected chi connectivity index (χ0v) is 15.2. The lowest BCUT2D eigenvalue weighted by Crippen LogP contribution is -2.43. The molecule has 1 amide bonds. The van der Waals surface area contributed by atoms with Gasteiger partial charge in [0, 0.05) is 44.2 Å². The number of benzene rings is 1. The Balaban J connectivity index is 1.46. The average molecular weight is 378 g/mol. The lowest BCUT2D eigenvalue weighted by Gasteiger charge is -2.28. The highest BCUT2D eigenvalue weighted by Crippen LogP contribution is 2.45. The van der Waals surface area contributed by atoms with Gasteiger partial charge in [0.1, 0.15) is 17.0 Å². The van der Waals surface area contributed by atoms with E-state index in [1.165, 1.54) is 18.9 Å². The molecular formula is C20H24F2N2O3. The first-order chi connectivity index (χ1) is 12.9. The van der Waals surface area contributed by atoms with E-state index in [2.05, 4.69) is 4.90 Å². The minimum Gasteiger partial charge on any atom is -0.481 e. The number of halogens is 2. The maximum absolute atomic E-state index is 13.8. The van der Waals surface area contributed by atoms with Crippen molar-refractivity contribution in [1.82, 2.24) is 9.80 Å². The van der Waals surface area contributed by atoms with Crippen molar-refractivity contribution in [3.05, 3.63) is 35.4 Å². The van der Waals surface area contributed by atoms with E-state index >= 15 is 0 Å². The summed E-state index contributed by atoms with van der Waals surface area (Å²) in [5.74, 6) is -2.68. The molecule has 0 aromatic heterocycles. The molecule has 3 aliphatic rings. The lowest BCUT2D eigenvalue weighted by molar-refractivity contribution is -0.149. The monoisotopic (exact) mass is 378 g/mol. The topological polar surface area (TPSA) is 60.9 Å². The second kappa shape index (κ2) is 6.86. The van der Waals surface area contributed by atoms with Crippen LogP contribution in [0, 0.1) is 23.0 Å². The number of carbonyl (C=O) groups is 2. The Morgan fingerprint density at radius 3 is 2.52 bits per heavy atom. The number of carbonyl (C=O) groups excluding carboxylic acids is 1. The van der Waals surface area contributed by atoms with Gasteiger partial charge >= 0.3 is 5.97 Å². The third kappa shape index (κ3) is 3.22. The Morgan fingerprint density at radius 2 is 1.89 bits per heavy atom. The summed E-state index contributed by atoms with van der Waals surface area (Å²) in [7, 11) is 0. The normalized spacial score (nSPS) is 28.7. The first kappa shape index (κ1) is 18.3. The minimum absolute atomic E-state index is 0.0994. The highest BCUT2D eigenvalue weighted by molar-refractivity contribution is 5.83. The molecule has 2 atom stereocenters. The van der Waals surface area contributed by atoms with E-state index in [4.69, 9.17) is 0 Å². The molecule has 1 aromatic rings. The molecule has 146 valence electrons. The SMILES string of the molecule is O=C(Cc1ccc(F)cc1F)N1C[C@H]2CN(C3CCCC3)C[C@@]2(C(=O)O)C1. The van der Waals surface area contributed by atoms with Crippen LogP contribution in [0.2, 0.25) is 0 Å². The van der Waals surface area contributed by atoms with Gasteiger partial charge in [-0.3, -0.25) is 14.5 Å². The smallest absolute Gasteiger partial charge is 0.313 e. The Hall–Kier alpha value is -2.02. The average Bonchev–Trinajstić information content (AvgIpc) is 3.30. The van der Waals surface area contributed by atoms with Gasteiger partial charge < -0.3 is 10.0 Å². The van der Waals surface area contributed by atoms with Gasteiger partial charge in [-0.05, 0) is 24.5 Å². The fourth-order valence-electron chi connectivity index (χ4n) is 5.08. The summed E-state index contributed by atoms with van der Waals surface area (Å²) in [4.78, 5) is 28.6. The first-order valence-corrected chi connectivity index (χ1v) is 9.58. The van der Waals surface area contributed by atoms with Gasteiger partial charge in [0.25, 0.3) is 0 Å². The molecule has 2 saturated heterocycles. The summed E-state index contributed by atoms with van der Waals surface area (Å²) in [6.45, 7) is 1.73. The van der Waals surface area contributed by atoms with Crippen molar-refractivity contribution in [3.63, 3.8) is 0 Å². The van der Waals surface area contributed by atoms with Crippen molar-refractivity contribution < 1.29 is 23.5 Å². The molecule has 1 saturated carbocycles. The van der Waals surface area contributed by atoms with Crippen molar-refractivity contribution in [2.75, 3.05) is 26.2 Å². The number of hydrogen-bond acceptors (Lipinski definition) is 3. The maximum atomic E-state index is 13.8. The number of likely N-dealkylation sites (tertiary alicyclic amines) is 2. The summed E-state index contributed by atoms with van der Waals surface area (Å²) in [5, 5.41) is 9.93. The van der Waals surface area contributed by atoms with Crippen LogP contribution in [0.3, 0.4) is 0 Å². The number of amides is 1. The first-order valence-electron chi connectivity index (χ1n) is 9.58. The molecule has 5 nitrogen and oxygen atoms in total. The zero-order valence-electron chi connectivity index (χ0n) is 15.2. The van der Waals surface area contributed by atoms with Crippen LogP contribution >= 0.6 is 0 Å². The molecule has 27 heavy (non-hydrogen) atoms. The molecule has 0 unspecified atom stereocenters. The molecule has 0 radical (unpaired) electrons. The van der Waals surface area contributed by atoms with Crippen molar-refractivity contribution >= 4 is 11.9 Å². The van der Waals surface area contributed by atoms with Gasteiger partial charge in [0.2, 0.25) is 5.91 Å². The molecule has 0 spiro atoms. The molecule has 2 aliphatic heterocycles. The second-order valence-corrected chi connectivity index (χ2v) is 8.21. The third-order valence-electron chi connectivity index (χ3n) is 6.61. The molecule has 7 heteroatoms. The zero-order chi connectivity index (χ0) is 19.2.